The summed E-state index contributed by atoms with van der Waals surface area (Å²) >= 11 is 0. The van der Waals surface area contributed by atoms with Crippen LogP contribution in [0.5, 0.6) is 5.75 Å². The highest BCUT2D eigenvalue weighted by Crippen LogP contribution is 2.26. The molecular weight excluding hydrogens is 254 g/mol. The summed E-state index contributed by atoms with van der Waals surface area (Å²) < 4.78 is 5.27. The average molecular weight is 265 g/mol. The van der Waals surface area contributed by atoms with Crippen molar-refractivity contribution in [2.24, 2.45) is 0 Å². The molecule has 0 unspecified atom stereocenters. The van der Waals surface area contributed by atoms with Crippen LogP contribution < -0.4 is 16.2 Å². The molecule has 1 aromatic heterocycles. The summed E-state index contributed by atoms with van der Waals surface area (Å²) in [6.45, 7) is 0.191. The number of nitrogens with two attached hydrogens (primary N) is 2. The second-order valence-corrected chi connectivity index (χ2v) is 3.82. The van der Waals surface area contributed by atoms with Crippen LogP contribution in [0.25, 0.3) is 11.3 Å². The number of nitrogens with zero attached hydrogens (tertiary/aromatic N) is 3. The van der Waals surface area contributed by atoms with Crippen molar-refractivity contribution in [3.63, 3.8) is 0 Å². The number of benzene rings is 1. The Morgan fingerprint density at radius 3 is 2.50 bits per heavy atom. The van der Waals surface area contributed by atoms with Crippen LogP contribution in [0.3, 0.4) is 0 Å². The van der Waals surface area contributed by atoms with E-state index in [0.29, 0.717) is 17.0 Å². The molecule has 0 amide bonds. The number of nitriles is 1. The molecule has 1 heterocycles. The van der Waals surface area contributed by atoms with Gasteiger partial charge in [-0.05, 0) is 24.3 Å². The Hall–Kier alpha value is -3.25. The van der Waals surface area contributed by atoms with Gasteiger partial charge in [0.25, 0.3) is 0 Å². The number of nitrogen functional groups attached to an aromatic ring is 2. The van der Waals surface area contributed by atoms with Crippen molar-refractivity contribution >= 4 is 11.8 Å². The highest BCUT2D eigenvalue weighted by atomic mass is 16.5. The van der Waals surface area contributed by atoms with Crippen LogP contribution in [0.2, 0.25) is 0 Å². The topological polar surface area (TPSA) is 111 Å². The molecule has 2 aromatic rings. The Balaban J connectivity index is 2.42. The van der Waals surface area contributed by atoms with E-state index in [1.165, 1.54) is 0 Å². The van der Waals surface area contributed by atoms with E-state index in [4.69, 9.17) is 27.9 Å². The number of ether oxygens (including phenoxy) is 1. The minimum Gasteiger partial charge on any atom is -0.481 e. The van der Waals surface area contributed by atoms with E-state index in [2.05, 4.69) is 15.9 Å². The van der Waals surface area contributed by atoms with Gasteiger partial charge >= 0.3 is 0 Å². The lowest BCUT2D eigenvalue weighted by atomic mass is 10.1. The summed E-state index contributed by atoms with van der Waals surface area (Å²) in [6.07, 6.45) is 5.11. The molecule has 2 rings (SSSR count). The van der Waals surface area contributed by atoms with Crippen molar-refractivity contribution < 1.29 is 4.74 Å². The molecule has 0 fully saturated rings. The highest BCUT2D eigenvalue weighted by molar-refractivity contribution is 5.73. The number of rotatable bonds is 3. The van der Waals surface area contributed by atoms with Gasteiger partial charge in [0, 0.05) is 5.56 Å². The van der Waals surface area contributed by atoms with Gasteiger partial charge in [0.05, 0.1) is 5.69 Å². The maximum absolute atomic E-state index is 9.12. The third-order valence-electron chi connectivity index (χ3n) is 2.52. The van der Waals surface area contributed by atoms with Crippen molar-refractivity contribution in [3.05, 3.63) is 29.8 Å². The monoisotopic (exact) mass is 265 g/mol. The number of anilines is 2. The normalized spacial score (nSPS) is 9.50. The molecule has 1 aromatic carbocycles. The van der Waals surface area contributed by atoms with Crippen molar-refractivity contribution in [1.82, 2.24) is 9.97 Å². The first-order valence-electron chi connectivity index (χ1n) is 5.65. The largest absolute Gasteiger partial charge is 0.481 e. The first-order chi connectivity index (χ1) is 9.65. The second kappa shape index (κ2) is 5.59. The van der Waals surface area contributed by atoms with E-state index in [0.717, 1.165) is 0 Å². The fraction of sp³-hybridized carbons (Fsp3) is 0.0714. The summed E-state index contributed by atoms with van der Waals surface area (Å²) in [6, 6.07) is 8.91. The van der Waals surface area contributed by atoms with Crippen molar-refractivity contribution in [3.8, 4) is 35.4 Å². The molecule has 0 spiro atoms. The van der Waals surface area contributed by atoms with Gasteiger partial charge in [0.2, 0.25) is 5.95 Å². The van der Waals surface area contributed by atoms with Crippen LogP contribution in [0, 0.1) is 23.7 Å². The van der Waals surface area contributed by atoms with Crippen molar-refractivity contribution in [2.75, 3.05) is 18.1 Å². The van der Waals surface area contributed by atoms with Crippen molar-refractivity contribution in [2.45, 2.75) is 0 Å². The second-order valence-electron chi connectivity index (χ2n) is 3.82. The van der Waals surface area contributed by atoms with E-state index in [1.807, 2.05) is 6.07 Å². The number of hydrogen-bond acceptors (Lipinski definition) is 6. The lowest BCUT2D eigenvalue weighted by molar-refractivity contribution is 0.370. The first-order valence-corrected chi connectivity index (χ1v) is 5.65. The zero-order valence-electron chi connectivity index (χ0n) is 10.5. The molecule has 0 saturated carbocycles. The molecule has 0 atom stereocenters. The van der Waals surface area contributed by atoms with Crippen LogP contribution in [-0.4, -0.2) is 16.6 Å². The summed E-state index contributed by atoms with van der Waals surface area (Å²) in [5.41, 5.74) is 12.5. The summed E-state index contributed by atoms with van der Waals surface area (Å²) in [4.78, 5) is 7.82. The van der Waals surface area contributed by atoms with Crippen LogP contribution in [0.4, 0.5) is 11.8 Å². The summed E-state index contributed by atoms with van der Waals surface area (Å²) in [5.74, 6) is 3.08. The molecule has 6 heteroatoms. The van der Waals surface area contributed by atoms with Crippen LogP contribution in [0.15, 0.2) is 24.3 Å². The Labute approximate surface area is 116 Å². The Bertz CT molecular complexity index is 710. The highest BCUT2D eigenvalue weighted by Gasteiger charge is 2.13. The third-order valence-corrected chi connectivity index (χ3v) is 2.52. The van der Waals surface area contributed by atoms with Gasteiger partial charge in [-0.1, -0.05) is 5.92 Å². The molecule has 20 heavy (non-hydrogen) atoms. The minimum absolute atomic E-state index is 0.0177. The van der Waals surface area contributed by atoms with Gasteiger partial charge in [-0.25, -0.2) is 4.98 Å². The average Bonchev–Trinajstić information content (AvgIpc) is 2.45. The standard InChI is InChI=1S/C14H11N5O/c1-2-7-20-10-5-3-9(4-6-10)12-11(8-15)13(16)19-14(17)18-12/h1,3-6H,7H2,(H4,16,17,18,19). The molecule has 0 bridgehead atoms. The molecule has 6 nitrogen and oxygen atoms in total. The summed E-state index contributed by atoms with van der Waals surface area (Å²) in [7, 11) is 0. The van der Waals surface area contributed by atoms with E-state index in [9.17, 15) is 0 Å². The van der Waals surface area contributed by atoms with Crippen molar-refractivity contribution in [1.29, 1.82) is 5.26 Å². The predicted molar refractivity (Wildman–Crippen MR) is 75.3 cm³/mol. The van der Waals surface area contributed by atoms with E-state index < -0.39 is 0 Å². The molecule has 98 valence electrons. The zero-order chi connectivity index (χ0) is 14.5. The smallest absolute Gasteiger partial charge is 0.222 e. The summed E-state index contributed by atoms with van der Waals surface area (Å²) in [5, 5.41) is 9.12. The fourth-order valence-corrected chi connectivity index (χ4v) is 1.65. The minimum atomic E-state index is 0.0177. The Morgan fingerprint density at radius 2 is 1.90 bits per heavy atom. The molecule has 0 saturated heterocycles. The molecule has 0 aliphatic rings. The lowest BCUT2D eigenvalue weighted by Gasteiger charge is -2.07. The number of aromatic nitrogens is 2. The van der Waals surface area contributed by atoms with Crippen LogP contribution in [-0.2, 0) is 0 Å². The molecule has 4 N–H and O–H groups in total. The third kappa shape index (κ3) is 2.60. The SMILES string of the molecule is C#CCOc1ccc(-c2nc(N)nc(N)c2C#N)cc1. The molecule has 0 aliphatic heterocycles. The maximum atomic E-state index is 9.12. The maximum Gasteiger partial charge on any atom is 0.222 e. The quantitative estimate of drug-likeness (QED) is 0.806. The predicted octanol–water partition coefficient (Wildman–Crippen LogP) is 1.19. The Kier molecular flexibility index (Phi) is 3.69. The van der Waals surface area contributed by atoms with Gasteiger partial charge in [-0.3, -0.25) is 0 Å². The first kappa shape index (κ1) is 13.2. The van der Waals surface area contributed by atoms with Crippen LogP contribution >= 0.6 is 0 Å². The van der Waals surface area contributed by atoms with E-state index >= 15 is 0 Å². The van der Waals surface area contributed by atoms with Gasteiger partial charge in [0.15, 0.2) is 0 Å². The van der Waals surface area contributed by atoms with E-state index in [1.54, 1.807) is 24.3 Å². The number of hydrogen-bond donors (Lipinski definition) is 2. The van der Waals surface area contributed by atoms with Crippen LogP contribution in [0.1, 0.15) is 5.56 Å². The van der Waals surface area contributed by atoms with Gasteiger partial charge in [0.1, 0.15) is 29.8 Å². The Morgan fingerprint density at radius 1 is 1.20 bits per heavy atom. The molecule has 0 radical (unpaired) electrons. The fourth-order valence-electron chi connectivity index (χ4n) is 1.65. The molecular formula is C14H11N5O. The van der Waals surface area contributed by atoms with E-state index in [-0.39, 0.29) is 23.9 Å². The van der Waals surface area contributed by atoms with Gasteiger partial charge < -0.3 is 16.2 Å². The zero-order valence-corrected chi connectivity index (χ0v) is 10.5. The molecule has 0 aliphatic carbocycles. The lowest BCUT2D eigenvalue weighted by Crippen LogP contribution is -2.05. The van der Waals surface area contributed by atoms with Gasteiger partial charge in [-0.2, -0.15) is 10.2 Å². The van der Waals surface area contributed by atoms with Gasteiger partial charge in [-0.15, -0.1) is 6.42 Å². The number of terminal acetylenes is 1.